The predicted octanol–water partition coefficient (Wildman–Crippen LogP) is 4.56. The molecule has 0 aliphatic heterocycles. The van der Waals surface area contributed by atoms with E-state index >= 15 is 0 Å². The van der Waals surface area contributed by atoms with Crippen LogP contribution in [-0.4, -0.2) is 5.66 Å². The van der Waals surface area contributed by atoms with Crippen LogP contribution in [0.2, 0.25) is 0 Å². The van der Waals surface area contributed by atoms with Gasteiger partial charge in [0.15, 0.2) is 0 Å². The standard InChI is InChI=1S/C24H22N2/c25-24(26)17-16-21(18-10-4-1-5-11-18)22(19-12-6-2-7-13-19)23(24)20-14-8-3-9-15-20/h1-17,23H,25-26H2. The first-order valence-electron chi connectivity index (χ1n) is 8.84. The normalized spacial score (nSPS) is 18.8. The first-order valence-corrected chi connectivity index (χ1v) is 8.84. The summed E-state index contributed by atoms with van der Waals surface area (Å²) in [5.41, 5.74) is 18.0. The summed E-state index contributed by atoms with van der Waals surface area (Å²) < 4.78 is 0. The molecule has 1 unspecified atom stereocenters. The fraction of sp³-hybridized carbons (Fsp3) is 0.0833. The highest BCUT2D eigenvalue weighted by molar-refractivity contribution is 6.00. The molecule has 2 nitrogen and oxygen atoms in total. The second-order valence-corrected chi connectivity index (χ2v) is 6.74. The molecule has 0 aromatic heterocycles. The quantitative estimate of drug-likeness (QED) is 0.688. The van der Waals surface area contributed by atoms with E-state index in [4.69, 9.17) is 11.5 Å². The molecule has 2 heteroatoms. The number of rotatable bonds is 3. The van der Waals surface area contributed by atoms with E-state index in [9.17, 15) is 0 Å². The van der Waals surface area contributed by atoms with Crippen molar-refractivity contribution in [3.63, 3.8) is 0 Å². The third-order valence-electron chi connectivity index (χ3n) is 4.92. The maximum Gasteiger partial charge on any atom is 0.0944 e. The molecule has 0 bridgehead atoms. The second kappa shape index (κ2) is 6.75. The lowest BCUT2D eigenvalue weighted by atomic mass is 9.72. The van der Waals surface area contributed by atoms with Gasteiger partial charge in [0.05, 0.1) is 5.66 Å². The van der Waals surface area contributed by atoms with Crippen LogP contribution < -0.4 is 11.5 Å². The van der Waals surface area contributed by atoms with E-state index in [1.807, 2.05) is 36.4 Å². The fourth-order valence-electron chi connectivity index (χ4n) is 3.73. The highest BCUT2D eigenvalue weighted by Crippen LogP contribution is 2.45. The highest BCUT2D eigenvalue weighted by atomic mass is 15.0. The summed E-state index contributed by atoms with van der Waals surface area (Å²) in [5.74, 6) is -0.133. The highest BCUT2D eigenvalue weighted by Gasteiger charge is 2.37. The summed E-state index contributed by atoms with van der Waals surface area (Å²) in [5, 5.41) is 0. The zero-order chi connectivity index (χ0) is 18.0. The Labute approximate surface area is 154 Å². The Kier molecular flexibility index (Phi) is 4.29. The average Bonchev–Trinajstić information content (AvgIpc) is 2.69. The van der Waals surface area contributed by atoms with Gasteiger partial charge < -0.3 is 11.5 Å². The number of hydrogen-bond donors (Lipinski definition) is 2. The molecule has 0 fully saturated rings. The van der Waals surface area contributed by atoms with Gasteiger partial charge in [-0.3, -0.25) is 0 Å². The topological polar surface area (TPSA) is 52.0 Å². The molecule has 0 saturated carbocycles. The minimum Gasteiger partial charge on any atom is -0.309 e. The lowest BCUT2D eigenvalue weighted by Crippen LogP contribution is -2.54. The van der Waals surface area contributed by atoms with Crippen molar-refractivity contribution >= 4 is 11.1 Å². The number of hydrogen-bond acceptors (Lipinski definition) is 2. The molecule has 0 saturated heterocycles. The smallest absolute Gasteiger partial charge is 0.0944 e. The first-order chi connectivity index (χ1) is 12.7. The summed E-state index contributed by atoms with van der Waals surface area (Å²) >= 11 is 0. The van der Waals surface area contributed by atoms with E-state index in [0.717, 1.165) is 22.3 Å². The predicted molar refractivity (Wildman–Crippen MR) is 109 cm³/mol. The van der Waals surface area contributed by atoms with Crippen LogP contribution in [0.25, 0.3) is 11.1 Å². The Balaban J connectivity index is 2.01. The Hall–Kier alpha value is -2.94. The Morgan fingerprint density at radius 1 is 0.615 bits per heavy atom. The largest absolute Gasteiger partial charge is 0.309 e. The van der Waals surface area contributed by atoms with Gasteiger partial charge in [-0.15, -0.1) is 0 Å². The van der Waals surface area contributed by atoms with E-state index in [1.165, 1.54) is 5.56 Å². The molecular formula is C24H22N2. The van der Waals surface area contributed by atoms with Crippen LogP contribution in [0.15, 0.2) is 103 Å². The van der Waals surface area contributed by atoms with Gasteiger partial charge in [0.1, 0.15) is 0 Å². The van der Waals surface area contributed by atoms with Crippen molar-refractivity contribution in [3.8, 4) is 0 Å². The zero-order valence-corrected chi connectivity index (χ0v) is 14.5. The molecule has 0 radical (unpaired) electrons. The van der Waals surface area contributed by atoms with Crippen LogP contribution in [-0.2, 0) is 0 Å². The van der Waals surface area contributed by atoms with Gasteiger partial charge >= 0.3 is 0 Å². The summed E-state index contributed by atoms with van der Waals surface area (Å²) in [7, 11) is 0. The maximum atomic E-state index is 6.58. The Bertz CT molecular complexity index is 939. The summed E-state index contributed by atoms with van der Waals surface area (Å²) in [4.78, 5) is 0. The molecule has 3 aromatic carbocycles. The van der Waals surface area contributed by atoms with Gasteiger partial charge in [0.25, 0.3) is 0 Å². The number of allylic oxidation sites excluding steroid dienone is 2. The van der Waals surface area contributed by atoms with Crippen LogP contribution in [0.4, 0.5) is 0 Å². The molecule has 4 N–H and O–H groups in total. The molecule has 128 valence electrons. The molecule has 26 heavy (non-hydrogen) atoms. The van der Waals surface area contributed by atoms with Gasteiger partial charge in [-0.05, 0) is 33.9 Å². The van der Waals surface area contributed by atoms with Crippen LogP contribution >= 0.6 is 0 Å². The molecule has 1 aliphatic carbocycles. The molecule has 1 aliphatic rings. The van der Waals surface area contributed by atoms with Crippen LogP contribution in [0.3, 0.4) is 0 Å². The van der Waals surface area contributed by atoms with E-state index in [-0.39, 0.29) is 5.92 Å². The zero-order valence-electron chi connectivity index (χ0n) is 14.5. The molecule has 3 aromatic rings. The first kappa shape index (κ1) is 16.5. The van der Waals surface area contributed by atoms with Gasteiger partial charge in [0.2, 0.25) is 0 Å². The Morgan fingerprint density at radius 3 is 1.69 bits per heavy atom. The van der Waals surface area contributed by atoms with E-state index in [1.54, 1.807) is 0 Å². The van der Waals surface area contributed by atoms with Crippen LogP contribution in [0, 0.1) is 0 Å². The molecule has 0 spiro atoms. The number of benzene rings is 3. The second-order valence-electron chi connectivity index (χ2n) is 6.74. The van der Waals surface area contributed by atoms with Crippen molar-refractivity contribution in [1.82, 2.24) is 0 Å². The molecule has 4 rings (SSSR count). The summed E-state index contributed by atoms with van der Waals surface area (Å²) in [6.07, 6.45) is 4.00. The van der Waals surface area contributed by atoms with Gasteiger partial charge in [-0.1, -0.05) is 97.1 Å². The summed E-state index contributed by atoms with van der Waals surface area (Å²) in [6, 6.07) is 31.1. The molecule has 0 amide bonds. The van der Waals surface area contributed by atoms with E-state index in [2.05, 4.69) is 66.7 Å². The summed E-state index contributed by atoms with van der Waals surface area (Å²) in [6.45, 7) is 0. The molecule has 0 heterocycles. The SMILES string of the molecule is NC1(N)C=CC(c2ccccc2)=C(c2ccccc2)C1c1ccccc1. The van der Waals surface area contributed by atoms with Gasteiger partial charge in [0, 0.05) is 5.92 Å². The van der Waals surface area contributed by atoms with Crippen LogP contribution in [0.1, 0.15) is 22.6 Å². The minimum absolute atomic E-state index is 0.133. The van der Waals surface area contributed by atoms with Gasteiger partial charge in [-0.25, -0.2) is 0 Å². The van der Waals surface area contributed by atoms with E-state index < -0.39 is 5.66 Å². The molecular weight excluding hydrogens is 316 g/mol. The van der Waals surface area contributed by atoms with Gasteiger partial charge in [-0.2, -0.15) is 0 Å². The monoisotopic (exact) mass is 338 g/mol. The van der Waals surface area contributed by atoms with Crippen molar-refractivity contribution < 1.29 is 0 Å². The Morgan fingerprint density at radius 2 is 1.12 bits per heavy atom. The third kappa shape index (κ3) is 3.01. The lowest BCUT2D eigenvalue weighted by molar-refractivity contribution is 0.503. The molecule has 1 atom stereocenters. The van der Waals surface area contributed by atoms with E-state index in [0.29, 0.717) is 0 Å². The van der Waals surface area contributed by atoms with Crippen molar-refractivity contribution in [2.45, 2.75) is 11.6 Å². The van der Waals surface area contributed by atoms with Crippen LogP contribution in [0.5, 0.6) is 0 Å². The maximum absolute atomic E-state index is 6.58. The van der Waals surface area contributed by atoms with Crippen molar-refractivity contribution in [1.29, 1.82) is 0 Å². The third-order valence-corrected chi connectivity index (χ3v) is 4.92. The van der Waals surface area contributed by atoms with Crippen molar-refractivity contribution in [2.75, 3.05) is 0 Å². The fourth-order valence-corrected chi connectivity index (χ4v) is 3.73. The van der Waals surface area contributed by atoms with Crippen molar-refractivity contribution in [2.24, 2.45) is 11.5 Å². The van der Waals surface area contributed by atoms with Crippen molar-refractivity contribution in [3.05, 3.63) is 120 Å². The minimum atomic E-state index is -0.954. The lowest BCUT2D eigenvalue weighted by Gasteiger charge is -2.38. The average molecular weight is 338 g/mol. The number of nitrogens with two attached hydrogens (primary N) is 2.